The molecule has 6 nitrogen and oxygen atoms in total. The molecule has 0 radical (unpaired) electrons. The van der Waals surface area contributed by atoms with E-state index < -0.39 is 23.8 Å². The summed E-state index contributed by atoms with van der Waals surface area (Å²) in [6, 6.07) is 8.26. The zero-order valence-corrected chi connectivity index (χ0v) is 13.7. The van der Waals surface area contributed by atoms with Gasteiger partial charge < -0.3 is 14.5 Å². The van der Waals surface area contributed by atoms with Gasteiger partial charge in [-0.2, -0.15) is 5.26 Å². The van der Waals surface area contributed by atoms with Crippen molar-refractivity contribution in [1.82, 2.24) is 0 Å². The van der Waals surface area contributed by atoms with Crippen LogP contribution in [0.3, 0.4) is 0 Å². The van der Waals surface area contributed by atoms with Gasteiger partial charge in [0, 0.05) is 6.08 Å². The van der Waals surface area contributed by atoms with Crippen LogP contribution in [0.2, 0.25) is 5.02 Å². The zero-order chi connectivity index (χ0) is 18.4. The lowest BCUT2D eigenvalue weighted by molar-refractivity contribution is -0.148. The second-order valence-electron chi connectivity index (χ2n) is 4.85. The Hall–Kier alpha value is -3.11. The van der Waals surface area contributed by atoms with E-state index in [2.05, 4.69) is 5.32 Å². The highest BCUT2D eigenvalue weighted by atomic mass is 35.5. The van der Waals surface area contributed by atoms with Crippen LogP contribution in [0.1, 0.15) is 12.7 Å². The predicted octanol–water partition coefficient (Wildman–Crippen LogP) is 3.55. The van der Waals surface area contributed by atoms with Gasteiger partial charge in [-0.15, -0.1) is 0 Å². The van der Waals surface area contributed by atoms with Crippen molar-refractivity contribution in [3.63, 3.8) is 0 Å². The smallest absolute Gasteiger partial charge is 0.349 e. The Morgan fingerprint density at radius 1 is 1.44 bits per heavy atom. The van der Waals surface area contributed by atoms with Crippen LogP contribution in [-0.2, 0) is 14.3 Å². The van der Waals surface area contributed by atoms with Crippen LogP contribution in [-0.4, -0.2) is 18.0 Å². The number of carbonyl (C=O) groups excluding carboxylic acids is 2. The number of esters is 1. The van der Waals surface area contributed by atoms with Crippen molar-refractivity contribution in [2.45, 2.75) is 13.0 Å². The van der Waals surface area contributed by atoms with Gasteiger partial charge in [0.15, 0.2) is 6.10 Å². The summed E-state index contributed by atoms with van der Waals surface area (Å²) in [5.74, 6) is -1.92. The van der Waals surface area contributed by atoms with Gasteiger partial charge in [0.25, 0.3) is 5.91 Å². The van der Waals surface area contributed by atoms with E-state index in [1.54, 1.807) is 18.2 Å². The van der Waals surface area contributed by atoms with E-state index in [0.29, 0.717) is 5.76 Å². The van der Waals surface area contributed by atoms with Gasteiger partial charge >= 0.3 is 5.97 Å². The molecule has 1 N–H and O–H groups in total. The Kier molecular flexibility index (Phi) is 5.93. The summed E-state index contributed by atoms with van der Waals surface area (Å²) in [5.41, 5.74) is -0.156. The highest BCUT2D eigenvalue weighted by Crippen LogP contribution is 2.22. The number of nitrogens with one attached hydrogen (secondary N) is 1. The standard InChI is InChI=1S/C17H12ClFN2O4/c1-10(16(22)21-15-5-4-12(19)8-14(15)18)25-17(23)11(9-20)7-13-3-2-6-24-13/h2-8,10H,1H3,(H,21,22)/b11-7+/t10-/m1/s1. The maximum Gasteiger partial charge on any atom is 0.349 e. The van der Waals surface area contributed by atoms with Gasteiger partial charge in [-0.05, 0) is 37.3 Å². The minimum atomic E-state index is -1.21. The number of halogens is 2. The van der Waals surface area contributed by atoms with Crippen molar-refractivity contribution < 1.29 is 23.1 Å². The molecule has 1 amide bonds. The first-order chi connectivity index (χ1) is 11.9. The van der Waals surface area contributed by atoms with E-state index in [9.17, 15) is 14.0 Å². The fourth-order valence-electron chi connectivity index (χ4n) is 1.76. The van der Waals surface area contributed by atoms with Crippen molar-refractivity contribution in [1.29, 1.82) is 5.26 Å². The summed E-state index contributed by atoms with van der Waals surface area (Å²) in [6.07, 6.45) is 1.38. The van der Waals surface area contributed by atoms with E-state index in [1.807, 2.05) is 0 Å². The number of hydrogen-bond donors (Lipinski definition) is 1. The highest BCUT2D eigenvalue weighted by molar-refractivity contribution is 6.33. The molecule has 0 bridgehead atoms. The number of anilines is 1. The first-order valence-electron chi connectivity index (χ1n) is 7.03. The van der Waals surface area contributed by atoms with Crippen molar-refractivity contribution in [2.24, 2.45) is 0 Å². The first kappa shape index (κ1) is 18.2. The third kappa shape index (κ3) is 4.93. The largest absolute Gasteiger partial charge is 0.465 e. The lowest BCUT2D eigenvalue weighted by Crippen LogP contribution is -2.30. The van der Waals surface area contributed by atoms with E-state index in [-0.39, 0.29) is 16.3 Å². The Morgan fingerprint density at radius 2 is 2.20 bits per heavy atom. The quantitative estimate of drug-likeness (QED) is 0.499. The second-order valence-corrected chi connectivity index (χ2v) is 5.25. The fourth-order valence-corrected chi connectivity index (χ4v) is 1.97. The molecule has 128 valence electrons. The second kappa shape index (κ2) is 8.13. The van der Waals surface area contributed by atoms with Crippen LogP contribution >= 0.6 is 11.6 Å². The molecular weight excluding hydrogens is 351 g/mol. The summed E-state index contributed by atoms with van der Waals surface area (Å²) in [4.78, 5) is 24.0. The number of ether oxygens (including phenoxy) is 1. The molecule has 1 aromatic heterocycles. The summed E-state index contributed by atoms with van der Waals surface area (Å²) in [6.45, 7) is 1.33. The molecule has 8 heteroatoms. The molecule has 25 heavy (non-hydrogen) atoms. The van der Waals surface area contributed by atoms with Gasteiger partial charge in [0.1, 0.15) is 23.2 Å². The third-order valence-corrected chi connectivity index (χ3v) is 3.32. The molecule has 0 aliphatic heterocycles. The summed E-state index contributed by atoms with van der Waals surface area (Å²) >= 11 is 5.81. The van der Waals surface area contributed by atoms with E-state index >= 15 is 0 Å². The van der Waals surface area contributed by atoms with Gasteiger partial charge in [-0.1, -0.05) is 11.6 Å². The van der Waals surface area contributed by atoms with Gasteiger partial charge in [-0.25, -0.2) is 9.18 Å². The molecule has 1 atom stereocenters. The van der Waals surface area contributed by atoms with Crippen LogP contribution < -0.4 is 5.32 Å². The molecule has 0 spiro atoms. The summed E-state index contributed by atoms with van der Waals surface area (Å²) in [7, 11) is 0. The number of nitriles is 1. The topological polar surface area (TPSA) is 92.3 Å². The number of hydrogen-bond acceptors (Lipinski definition) is 5. The molecule has 0 unspecified atom stereocenters. The molecular formula is C17H12ClFN2O4. The molecule has 2 rings (SSSR count). The average Bonchev–Trinajstić information content (AvgIpc) is 3.08. The van der Waals surface area contributed by atoms with Crippen molar-refractivity contribution in [3.05, 3.63) is 58.8 Å². The van der Waals surface area contributed by atoms with Crippen LogP contribution in [0, 0.1) is 17.1 Å². The minimum Gasteiger partial charge on any atom is -0.465 e. The number of amides is 1. The summed E-state index contributed by atoms with van der Waals surface area (Å²) < 4.78 is 22.9. The van der Waals surface area contributed by atoms with Crippen molar-refractivity contribution in [3.8, 4) is 6.07 Å². The molecule has 0 saturated carbocycles. The van der Waals surface area contributed by atoms with Crippen LogP contribution in [0.15, 0.2) is 46.6 Å². The lowest BCUT2D eigenvalue weighted by Gasteiger charge is -2.14. The number of benzene rings is 1. The summed E-state index contributed by atoms with van der Waals surface area (Å²) in [5, 5.41) is 11.4. The Labute approximate surface area is 147 Å². The molecule has 0 saturated heterocycles. The highest BCUT2D eigenvalue weighted by Gasteiger charge is 2.21. The Morgan fingerprint density at radius 3 is 2.80 bits per heavy atom. The van der Waals surface area contributed by atoms with Gasteiger partial charge in [0.05, 0.1) is 17.0 Å². The van der Waals surface area contributed by atoms with Crippen LogP contribution in [0.4, 0.5) is 10.1 Å². The van der Waals surface area contributed by atoms with Crippen LogP contribution in [0.25, 0.3) is 6.08 Å². The molecule has 0 aliphatic rings. The first-order valence-corrected chi connectivity index (χ1v) is 7.40. The Balaban J connectivity index is 2.02. The van der Waals surface area contributed by atoms with Crippen LogP contribution in [0.5, 0.6) is 0 Å². The molecule has 0 aliphatic carbocycles. The maximum absolute atomic E-state index is 13.0. The van der Waals surface area contributed by atoms with Gasteiger partial charge in [-0.3, -0.25) is 4.79 Å². The number of nitrogens with zero attached hydrogens (tertiary/aromatic N) is 1. The average molecular weight is 363 g/mol. The van der Waals surface area contributed by atoms with Crippen molar-refractivity contribution in [2.75, 3.05) is 5.32 Å². The number of rotatable bonds is 5. The molecule has 0 fully saturated rings. The zero-order valence-electron chi connectivity index (χ0n) is 13.0. The number of carbonyl (C=O) groups is 2. The van der Waals surface area contributed by atoms with Crippen molar-refractivity contribution >= 4 is 35.2 Å². The van der Waals surface area contributed by atoms with Gasteiger partial charge in [0.2, 0.25) is 0 Å². The SMILES string of the molecule is C[C@@H](OC(=O)/C(C#N)=C/c1ccco1)C(=O)Nc1ccc(F)cc1Cl. The minimum absolute atomic E-state index is 0.00213. The maximum atomic E-state index is 13.0. The van der Waals surface area contributed by atoms with E-state index in [4.69, 9.17) is 26.0 Å². The normalized spacial score (nSPS) is 12.2. The van der Waals surface area contributed by atoms with E-state index in [0.717, 1.165) is 12.1 Å². The van der Waals surface area contributed by atoms with E-state index in [1.165, 1.54) is 25.3 Å². The monoisotopic (exact) mass is 362 g/mol. The molecule has 1 aromatic carbocycles. The lowest BCUT2D eigenvalue weighted by atomic mass is 10.2. The third-order valence-electron chi connectivity index (χ3n) is 3.01. The number of furan rings is 1. The molecule has 1 heterocycles. The predicted molar refractivity (Wildman–Crippen MR) is 87.9 cm³/mol. The fraction of sp³-hybridized carbons (Fsp3) is 0.118. The Bertz CT molecular complexity index is 856. The molecule has 2 aromatic rings.